The predicted molar refractivity (Wildman–Crippen MR) is 310 cm³/mol. The van der Waals surface area contributed by atoms with E-state index in [0.29, 0.717) is 70.0 Å². The van der Waals surface area contributed by atoms with Gasteiger partial charge in [-0.2, -0.15) is 23.5 Å². The predicted octanol–water partition coefficient (Wildman–Crippen LogP) is 14.8. The lowest BCUT2D eigenvalue weighted by Crippen LogP contribution is -2.34. The number of rotatable bonds is 6. The lowest BCUT2D eigenvalue weighted by Gasteiger charge is -2.27. The molecule has 3 bridgehead atoms. The second-order valence-electron chi connectivity index (χ2n) is 23.4. The number of fused-ring (bicyclic) bond motifs is 5. The number of hydrogen-bond acceptors (Lipinski definition) is 9. The summed E-state index contributed by atoms with van der Waals surface area (Å²) >= 11 is 3.55. The molecule has 4 aromatic carbocycles. The van der Waals surface area contributed by atoms with E-state index in [-0.39, 0.29) is 34.3 Å². The number of nitrogens with one attached hydrogen (secondary N) is 3. The second kappa shape index (κ2) is 26.3. The third-order valence-corrected chi connectivity index (χ3v) is 15.0. The van der Waals surface area contributed by atoms with Gasteiger partial charge in [0.15, 0.2) is 0 Å². The topological polar surface area (TPSA) is 116 Å². The summed E-state index contributed by atoms with van der Waals surface area (Å²) in [4.78, 5) is 28.2. The van der Waals surface area contributed by atoms with Gasteiger partial charge in [-0.15, -0.1) is 0 Å². The Morgan fingerprint density at radius 1 is 0.676 bits per heavy atom. The molecule has 1 unspecified atom stereocenters. The van der Waals surface area contributed by atoms with Gasteiger partial charge in [0.1, 0.15) is 6.61 Å². The number of amides is 3. The van der Waals surface area contributed by atoms with Gasteiger partial charge in [0.05, 0.1) is 58.9 Å². The fraction of sp³-hybridized carbons (Fsp3) is 0.484. The van der Waals surface area contributed by atoms with Gasteiger partial charge in [0.25, 0.3) is 0 Å². The van der Waals surface area contributed by atoms with Crippen LogP contribution in [0.3, 0.4) is 0 Å². The third kappa shape index (κ3) is 17.6. The van der Waals surface area contributed by atoms with Crippen molar-refractivity contribution in [1.29, 1.82) is 0 Å². The maximum atomic E-state index is 14.9. The number of carbonyl (C=O) groups is 2. The zero-order chi connectivity index (χ0) is 53.7. The molecule has 0 saturated heterocycles. The maximum absolute atomic E-state index is 14.9. The van der Waals surface area contributed by atoms with Gasteiger partial charge in [-0.05, 0) is 113 Å². The van der Waals surface area contributed by atoms with Crippen molar-refractivity contribution >= 4 is 47.0 Å². The summed E-state index contributed by atoms with van der Waals surface area (Å²) in [5, 5.41) is 9.78. The normalized spacial score (nSPS) is 19.1. The first-order valence-corrected chi connectivity index (χ1v) is 28.4. The van der Waals surface area contributed by atoms with Gasteiger partial charge < -0.3 is 34.3 Å². The average Bonchev–Trinajstić information content (AvgIpc) is 3.32. The molecule has 0 spiro atoms. The van der Waals surface area contributed by atoms with Crippen molar-refractivity contribution in [1.82, 2.24) is 5.32 Å². The highest BCUT2D eigenvalue weighted by atomic mass is 32.2. The summed E-state index contributed by atoms with van der Waals surface area (Å²) in [7, 11) is 0. The Kier molecular flexibility index (Phi) is 20.8. The molecule has 12 heteroatoms. The molecule has 2 aliphatic heterocycles. The molecular weight excluding hydrogens is 963 g/mol. The number of urea groups is 1. The number of anilines is 2. The molecule has 2 heterocycles. The summed E-state index contributed by atoms with van der Waals surface area (Å²) in [6.07, 6.45) is 5.35. The first-order chi connectivity index (χ1) is 35.0. The van der Waals surface area contributed by atoms with Crippen LogP contribution in [0.4, 0.5) is 21.0 Å². The fourth-order valence-corrected chi connectivity index (χ4v) is 10.2. The minimum atomic E-state index is -0.550. The van der Waals surface area contributed by atoms with E-state index in [1.54, 1.807) is 29.6 Å². The molecule has 1 atom stereocenters. The van der Waals surface area contributed by atoms with Crippen LogP contribution in [0.15, 0.2) is 109 Å². The molecule has 3 N–H and O–H groups in total. The largest absolute Gasteiger partial charge is 0.444 e. The molecule has 6 rings (SSSR count). The molecule has 2 aliphatic rings. The number of thioether (sulfide) groups is 2. The van der Waals surface area contributed by atoms with E-state index in [2.05, 4.69) is 148 Å². The molecule has 400 valence electrons. The highest BCUT2D eigenvalue weighted by molar-refractivity contribution is 7.99. The summed E-state index contributed by atoms with van der Waals surface area (Å²) in [5.74, 6) is 2.84. The van der Waals surface area contributed by atoms with Crippen molar-refractivity contribution in [3.05, 3.63) is 153 Å². The minimum absolute atomic E-state index is 0.0594. The number of benzene rings is 4. The van der Waals surface area contributed by atoms with Gasteiger partial charge in [-0.25, -0.2) is 9.59 Å². The number of ether oxygens (including phenoxy) is 5. The highest BCUT2D eigenvalue weighted by Gasteiger charge is 2.26. The van der Waals surface area contributed by atoms with E-state index in [0.717, 1.165) is 72.8 Å². The van der Waals surface area contributed by atoms with E-state index in [9.17, 15) is 9.59 Å². The van der Waals surface area contributed by atoms with Crippen LogP contribution in [0.5, 0.6) is 0 Å². The van der Waals surface area contributed by atoms with Crippen LogP contribution in [-0.2, 0) is 64.3 Å². The first kappa shape index (κ1) is 58.4. The number of carbonyl (C=O) groups excluding carboxylic acids is 2. The average molecular weight is 1050 g/mol. The molecule has 0 radical (unpaired) electrons. The molecule has 0 saturated carbocycles. The standard InChI is InChI=1S/C62H83N3O7S2/c1-14-42-15-20-46-40-73-27-25-69-26-28-74-41-54-53(47-31-48(59(2,3)4)33-49(32-47)60(5,6)7)29-44(38-71-24-22-68-21-23-70-37-42)30-55(54)64-57(66)65-56(46)45-18-16-43(17-19-45)39-72-58(67)63-52-35-50(61(8,9)10)34-51(36-52)62(11,12)13/h14-20,29-36,56H,1,21-28,37-41H2,2-13H3,(H,63,67)(H2,64,65,66)/b42-15+,46-20-. The van der Waals surface area contributed by atoms with Crippen molar-refractivity contribution in [2.24, 2.45) is 0 Å². The van der Waals surface area contributed by atoms with Crippen LogP contribution in [-0.4, -0.2) is 75.6 Å². The van der Waals surface area contributed by atoms with Gasteiger partial charge in [-0.1, -0.05) is 156 Å². The zero-order valence-electron chi connectivity index (χ0n) is 46.3. The summed E-state index contributed by atoms with van der Waals surface area (Å²) in [6.45, 7) is 34.3. The van der Waals surface area contributed by atoms with Crippen molar-refractivity contribution in [3.63, 3.8) is 0 Å². The lowest BCUT2D eigenvalue weighted by atomic mass is 9.78. The molecule has 0 aromatic heterocycles. The quantitative estimate of drug-likeness (QED) is 0.174. The monoisotopic (exact) mass is 1050 g/mol. The van der Waals surface area contributed by atoms with Crippen LogP contribution in [0.25, 0.3) is 11.1 Å². The SMILES string of the molecule is C=C/C1=C\C=C2\CSCCOCCSCc3c(cc(cc3-c3cc(C(C)(C)C)cc(C(C)(C)C)c3)COCCOCCOC1)NC(=O)NC2c1ccc(COC(=O)Nc2cc(C(C)(C)C)cc(C(C)(C)C)c2)cc1. The van der Waals surface area contributed by atoms with Crippen molar-refractivity contribution in [2.45, 2.75) is 130 Å². The Balaban J connectivity index is 1.40. The molecular formula is C62H83N3O7S2. The molecule has 74 heavy (non-hydrogen) atoms. The van der Waals surface area contributed by atoms with Gasteiger partial charge >= 0.3 is 12.1 Å². The molecule has 4 aromatic rings. The van der Waals surface area contributed by atoms with Crippen LogP contribution in [0.1, 0.15) is 134 Å². The molecule has 3 amide bonds. The van der Waals surface area contributed by atoms with Gasteiger partial charge in [-0.3, -0.25) is 5.32 Å². The summed E-state index contributed by atoms with van der Waals surface area (Å²) in [5.41, 5.74) is 13.4. The summed E-state index contributed by atoms with van der Waals surface area (Å²) < 4.78 is 30.2. The smallest absolute Gasteiger partial charge is 0.411 e. The maximum Gasteiger partial charge on any atom is 0.411 e. The summed E-state index contributed by atoms with van der Waals surface area (Å²) in [6, 6.07) is 24.5. The Bertz CT molecular complexity index is 2550. The van der Waals surface area contributed by atoms with Crippen molar-refractivity contribution < 1.29 is 33.3 Å². The van der Waals surface area contributed by atoms with Gasteiger partial charge in [0.2, 0.25) is 0 Å². The second-order valence-corrected chi connectivity index (χ2v) is 25.6. The van der Waals surface area contributed by atoms with Gasteiger partial charge in [0, 0.05) is 34.4 Å². The molecule has 10 nitrogen and oxygen atoms in total. The molecule has 0 fully saturated rings. The minimum Gasteiger partial charge on any atom is -0.444 e. The Hall–Kier alpha value is -4.82. The lowest BCUT2D eigenvalue weighted by molar-refractivity contribution is 0.0145. The van der Waals surface area contributed by atoms with Crippen LogP contribution < -0.4 is 16.0 Å². The Morgan fingerprint density at radius 2 is 1.22 bits per heavy atom. The van der Waals surface area contributed by atoms with E-state index >= 15 is 0 Å². The molecule has 0 aliphatic carbocycles. The first-order valence-electron chi connectivity index (χ1n) is 26.0. The van der Waals surface area contributed by atoms with E-state index in [1.165, 1.54) is 11.1 Å². The van der Waals surface area contributed by atoms with Crippen molar-refractivity contribution in [3.8, 4) is 11.1 Å². The van der Waals surface area contributed by atoms with E-state index in [4.69, 9.17) is 23.7 Å². The highest BCUT2D eigenvalue weighted by Crippen LogP contribution is 2.40. The number of allylic oxidation sites excluding steroid dienone is 2. The van der Waals surface area contributed by atoms with E-state index in [1.807, 2.05) is 42.5 Å². The Labute approximate surface area is 451 Å². The van der Waals surface area contributed by atoms with Crippen molar-refractivity contribution in [2.75, 3.05) is 74.1 Å². The third-order valence-electron chi connectivity index (χ3n) is 13.1. The van der Waals surface area contributed by atoms with E-state index < -0.39 is 12.1 Å². The number of hydrogen-bond donors (Lipinski definition) is 3. The van der Waals surface area contributed by atoms with Crippen LogP contribution >= 0.6 is 23.5 Å². The van der Waals surface area contributed by atoms with Crippen LogP contribution in [0, 0.1) is 0 Å². The van der Waals surface area contributed by atoms with Crippen LogP contribution in [0.2, 0.25) is 0 Å². The Morgan fingerprint density at radius 3 is 1.80 bits per heavy atom. The zero-order valence-corrected chi connectivity index (χ0v) is 47.9. The fourth-order valence-electron chi connectivity index (χ4n) is 8.38.